The quantitative estimate of drug-likeness (QED) is 0.679. The highest BCUT2D eigenvalue weighted by Gasteiger charge is 2.12. The Hall–Kier alpha value is -3.61. The van der Waals surface area contributed by atoms with Crippen LogP contribution in [0.1, 0.15) is 33.1 Å². The molecule has 0 atom stereocenters. The highest BCUT2D eigenvalue weighted by atomic mass is 16.5. The van der Waals surface area contributed by atoms with E-state index >= 15 is 0 Å². The van der Waals surface area contributed by atoms with Crippen molar-refractivity contribution in [3.63, 3.8) is 0 Å². The molecular weight excluding hydrogens is 344 g/mol. The van der Waals surface area contributed by atoms with Crippen LogP contribution in [0.4, 0.5) is 5.69 Å². The second-order valence-electron chi connectivity index (χ2n) is 6.23. The molecule has 0 radical (unpaired) electrons. The number of carbonyl (C=O) groups excluding carboxylic acids is 2. The summed E-state index contributed by atoms with van der Waals surface area (Å²) in [5.41, 5.74) is 8.92. The molecule has 0 fully saturated rings. The van der Waals surface area contributed by atoms with E-state index in [0.29, 0.717) is 17.1 Å². The van der Waals surface area contributed by atoms with Gasteiger partial charge in [0.05, 0.1) is 0 Å². The van der Waals surface area contributed by atoms with Crippen molar-refractivity contribution in [1.29, 1.82) is 0 Å². The van der Waals surface area contributed by atoms with E-state index < -0.39 is 5.91 Å². The average Bonchev–Trinajstić information content (AvgIpc) is 3.16. The molecule has 0 aliphatic rings. The summed E-state index contributed by atoms with van der Waals surface area (Å²) < 4.78 is 7.11. The lowest BCUT2D eigenvalue weighted by molar-refractivity contribution is -0.111. The summed E-state index contributed by atoms with van der Waals surface area (Å²) in [7, 11) is 0. The van der Waals surface area contributed by atoms with E-state index in [1.807, 2.05) is 37.5 Å². The van der Waals surface area contributed by atoms with E-state index in [1.54, 1.807) is 24.3 Å². The van der Waals surface area contributed by atoms with Gasteiger partial charge in [0.1, 0.15) is 5.76 Å². The van der Waals surface area contributed by atoms with Gasteiger partial charge >= 0.3 is 0 Å². The van der Waals surface area contributed by atoms with E-state index in [2.05, 4.69) is 10.5 Å². The van der Waals surface area contributed by atoms with Crippen molar-refractivity contribution in [2.24, 2.45) is 5.73 Å². The van der Waals surface area contributed by atoms with Crippen LogP contribution < -0.4 is 11.1 Å². The van der Waals surface area contributed by atoms with E-state index in [-0.39, 0.29) is 5.91 Å². The Kier molecular flexibility index (Phi) is 4.94. The molecule has 138 valence electrons. The summed E-state index contributed by atoms with van der Waals surface area (Å²) in [6.07, 6.45) is 3.18. The van der Waals surface area contributed by atoms with Crippen LogP contribution >= 0.6 is 0 Å². The van der Waals surface area contributed by atoms with Crippen LogP contribution in [0.3, 0.4) is 0 Å². The summed E-state index contributed by atoms with van der Waals surface area (Å²) >= 11 is 0. The lowest BCUT2D eigenvalue weighted by atomic mass is 10.2. The van der Waals surface area contributed by atoms with Crippen molar-refractivity contribution in [1.82, 2.24) is 9.72 Å². The standard InChI is InChI=1S/C20H20N4O3/c1-12-9-15(14(3)24(12)18-10-13(2)27-23-18)7-8-19(25)22-17-6-4-5-16(11-17)20(21)26/h4-11H,1-3H3,(H2,21,26)(H,22,25)/b8-7+. The third-order valence-electron chi connectivity index (χ3n) is 4.14. The van der Waals surface area contributed by atoms with Gasteiger partial charge in [-0.1, -0.05) is 11.2 Å². The first kappa shape index (κ1) is 18.2. The van der Waals surface area contributed by atoms with Crippen molar-refractivity contribution < 1.29 is 14.1 Å². The number of benzene rings is 1. The van der Waals surface area contributed by atoms with Gasteiger partial charge in [-0.25, -0.2) is 0 Å². The fraction of sp³-hybridized carbons (Fsp3) is 0.150. The molecular formula is C20H20N4O3. The van der Waals surface area contributed by atoms with Gasteiger partial charge in [0.2, 0.25) is 11.8 Å². The summed E-state index contributed by atoms with van der Waals surface area (Å²) in [4.78, 5) is 23.4. The maximum absolute atomic E-state index is 12.2. The van der Waals surface area contributed by atoms with Gasteiger partial charge in [-0.3, -0.25) is 14.2 Å². The molecule has 3 N–H and O–H groups in total. The molecule has 0 saturated heterocycles. The normalized spacial score (nSPS) is 11.1. The minimum Gasteiger partial charge on any atom is -0.366 e. The fourth-order valence-electron chi connectivity index (χ4n) is 2.87. The maximum atomic E-state index is 12.2. The van der Waals surface area contributed by atoms with Crippen LogP contribution in [0.15, 0.2) is 47.0 Å². The van der Waals surface area contributed by atoms with Crippen LogP contribution in [-0.2, 0) is 4.79 Å². The number of hydrogen-bond acceptors (Lipinski definition) is 4. The van der Waals surface area contributed by atoms with Gasteiger partial charge in [0.25, 0.3) is 0 Å². The molecule has 1 aromatic carbocycles. The van der Waals surface area contributed by atoms with Crippen LogP contribution in [-0.4, -0.2) is 21.5 Å². The third kappa shape index (κ3) is 3.98. The summed E-state index contributed by atoms with van der Waals surface area (Å²) in [5.74, 6) is 0.581. The predicted molar refractivity (Wildman–Crippen MR) is 103 cm³/mol. The van der Waals surface area contributed by atoms with Gasteiger partial charge in [-0.2, -0.15) is 0 Å². The number of nitrogens with one attached hydrogen (secondary N) is 1. The van der Waals surface area contributed by atoms with Crippen molar-refractivity contribution in [2.75, 3.05) is 5.32 Å². The number of amides is 2. The highest BCUT2D eigenvalue weighted by molar-refractivity contribution is 6.03. The monoisotopic (exact) mass is 364 g/mol. The molecule has 3 rings (SSSR count). The van der Waals surface area contributed by atoms with Crippen molar-refractivity contribution in [3.8, 4) is 5.82 Å². The Morgan fingerprint density at radius 1 is 1.19 bits per heavy atom. The number of nitrogens with zero attached hydrogens (tertiary/aromatic N) is 2. The van der Waals surface area contributed by atoms with Crippen molar-refractivity contribution in [2.45, 2.75) is 20.8 Å². The highest BCUT2D eigenvalue weighted by Crippen LogP contribution is 2.21. The first-order valence-corrected chi connectivity index (χ1v) is 8.36. The molecule has 0 aliphatic heterocycles. The van der Waals surface area contributed by atoms with Crippen molar-refractivity contribution >= 4 is 23.6 Å². The zero-order valence-corrected chi connectivity index (χ0v) is 15.3. The van der Waals surface area contributed by atoms with Crippen molar-refractivity contribution in [3.05, 3.63) is 70.7 Å². The topological polar surface area (TPSA) is 103 Å². The van der Waals surface area contributed by atoms with Crippen LogP contribution in [0.25, 0.3) is 11.9 Å². The Labute approximate surface area is 156 Å². The molecule has 0 spiro atoms. The first-order chi connectivity index (χ1) is 12.8. The van der Waals surface area contributed by atoms with Crippen LogP contribution in [0, 0.1) is 20.8 Å². The number of nitrogens with two attached hydrogens (primary N) is 1. The summed E-state index contributed by atoms with van der Waals surface area (Å²) in [6, 6.07) is 10.3. The number of hydrogen-bond donors (Lipinski definition) is 2. The fourth-order valence-corrected chi connectivity index (χ4v) is 2.87. The largest absolute Gasteiger partial charge is 0.366 e. The second kappa shape index (κ2) is 7.33. The average molecular weight is 364 g/mol. The van der Waals surface area contributed by atoms with Crippen LogP contribution in [0.2, 0.25) is 0 Å². The lowest BCUT2D eigenvalue weighted by Gasteiger charge is -2.04. The minimum atomic E-state index is -0.544. The van der Waals surface area contributed by atoms with Gasteiger partial charge in [0.15, 0.2) is 5.82 Å². The number of aromatic nitrogens is 2. The molecule has 2 aromatic heterocycles. The molecule has 0 unspecified atom stereocenters. The molecule has 3 aromatic rings. The molecule has 0 aliphatic carbocycles. The number of carbonyl (C=O) groups is 2. The molecule has 2 heterocycles. The molecule has 0 bridgehead atoms. The predicted octanol–water partition coefficient (Wildman–Crippen LogP) is 3.14. The molecule has 2 amide bonds. The van der Waals surface area contributed by atoms with E-state index in [9.17, 15) is 9.59 Å². The van der Waals surface area contributed by atoms with E-state index in [4.69, 9.17) is 10.3 Å². The smallest absolute Gasteiger partial charge is 0.248 e. The zero-order valence-electron chi connectivity index (χ0n) is 15.3. The molecule has 27 heavy (non-hydrogen) atoms. The molecule has 7 nitrogen and oxygen atoms in total. The Bertz CT molecular complexity index is 1040. The Balaban J connectivity index is 1.77. The van der Waals surface area contributed by atoms with Gasteiger partial charge in [0, 0.05) is 34.8 Å². The van der Waals surface area contributed by atoms with Gasteiger partial charge in [-0.15, -0.1) is 0 Å². The third-order valence-corrected chi connectivity index (χ3v) is 4.14. The number of anilines is 1. The molecule has 7 heteroatoms. The maximum Gasteiger partial charge on any atom is 0.248 e. The molecule has 0 saturated carbocycles. The minimum absolute atomic E-state index is 0.307. The van der Waals surface area contributed by atoms with Gasteiger partial charge in [-0.05, 0) is 56.7 Å². The zero-order chi connectivity index (χ0) is 19.6. The first-order valence-electron chi connectivity index (χ1n) is 8.36. The lowest BCUT2D eigenvalue weighted by Crippen LogP contribution is -2.12. The second-order valence-corrected chi connectivity index (χ2v) is 6.23. The number of aryl methyl sites for hydroxylation is 2. The van der Waals surface area contributed by atoms with Crippen LogP contribution in [0.5, 0.6) is 0 Å². The SMILES string of the molecule is Cc1cc(-n2c(C)cc(/C=C/C(=O)Nc3cccc(C(N)=O)c3)c2C)no1. The Morgan fingerprint density at radius 3 is 2.63 bits per heavy atom. The van der Waals surface area contributed by atoms with Gasteiger partial charge < -0.3 is 15.6 Å². The van der Waals surface area contributed by atoms with E-state index in [1.165, 1.54) is 12.1 Å². The van der Waals surface area contributed by atoms with E-state index in [0.717, 1.165) is 22.7 Å². The Morgan fingerprint density at radius 2 is 1.96 bits per heavy atom. The number of primary amides is 1. The summed E-state index contributed by atoms with van der Waals surface area (Å²) in [5, 5.41) is 6.76. The number of rotatable bonds is 5. The summed E-state index contributed by atoms with van der Waals surface area (Å²) in [6.45, 7) is 5.75.